The summed E-state index contributed by atoms with van der Waals surface area (Å²) in [6.07, 6.45) is 4.31. The number of hydrogen-bond acceptors (Lipinski definition) is 2. The highest BCUT2D eigenvalue weighted by atomic mass is 16.1. The molecule has 110 valence electrons. The van der Waals surface area contributed by atoms with Crippen molar-refractivity contribution in [3.8, 4) is 0 Å². The molecule has 0 saturated heterocycles. The predicted octanol–water partition coefficient (Wildman–Crippen LogP) is 2.89. The summed E-state index contributed by atoms with van der Waals surface area (Å²) in [5.74, 6) is 0. The van der Waals surface area contributed by atoms with Crippen LogP contribution in [0.3, 0.4) is 0 Å². The second kappa shape index (κ2) is 6.27. The molecule has 0 saturated carbocycles. The van der Waals surface area contributed by atoms with E-state index in [2.05, 4.69) is 41.5 Å². The summed E-state index contributed by atoms with van der Waals surface area (Å²) in [6.45, 7) is 3.09. The number of aryl methyl sites for hydroxylation is 2. The highest BCUT2D eigenvalue weighted by Crippen LogP contribution is 2.27. The average Bonchev–Trinajstić information content (AvgIpc) is 2.47. The summed E-state index contributed by atoms with van der Waals surface area (Å²) < 4.78 is 0. The minimum Gasteiger partial charge on any atom is -0.326 e. The molecule has 3 rings (SSSR count). The molecule has 1 aromatic heterocycles. The van der Waals surface area contributed by atoms with Gasteiger partial charge in [0.2, 0.25) is 5.56 Å². The van der Waals surface area contributed by atoms with Crippen LogP contribution in [0.25, 0.3) is 0 Å². The number of aromatic nitrogens is 1. The Balaban J connectivity index is 1.63. The second-order valence-electron chi connectivity index (χ2n) is 5.89. The van der Waals surface area contributed by atoms with Gasteiger partial charge in [0.15, 0.2) is 0 Å². The Morgan fingerprint density at radius 1 is 1.29 bits per heavy atom. The smallest absolute Gasteiger partial charge is 0.248 e. The van der Waals surface area contributed by atoms with Crippen LogP contribution < -0.4 is 10.9 Å². The Morgan fingerprint density at radius 2 is 2.19 bits per heavy atom. The standard InChI is InChI=1S/C18H22N2O/c1-13-4-2-5-14(12-13)10-11-19-16-6-3-7-17-15(16)8-9-18(21)20-17/h2,4-5,8-9,12,16,19H,3,6-7,10-11H2,1H3,(H,20,21). The topological polar surface area (TPSA) is 44.9 Å². The largest absolute Gasteiger partial charge is 0.326 e. The van der Waals surface area contributed by atoms with Gasteiger partial charge >= 0.3 is 0 Å². The van der Waals surface area contributed by atoms with Crippen molar-refractivity contribution in [2.75, 3.05) is 6.54 Å². The van der Waals surface area contributed by atoms with E-state index in [1.165, 1.54) is 16.7 Å². The van der Waals surface area contributed by atoms with Crippen LogP contribution in [0.5, 0.6) is 0 Å². The maximum atomic E-state index is 11.4. The minimum atomic E-state index is 0.00848. The number of fused-ring (bicyclic) bond motifs is 1. The third-order valence-corrected chi connectivity index (χ3v) is 4.22. The number of H-pyrrole nitrogens is 1. The van der Waals surface area contributed by atoms with E-state index < -0.39 is 0 Å². The molecule has 1 aliphatic rings. The van der Waals surface area contributed by atoms with Crippen LogP contribution >= 0.6 is 0 Å². The van der Waals surface area contributed by atoms with Crippen LogP contribution in [0, 0.1) is 6.92 Å². The molecule has 1 atom stereocenters. The molecule has 0 aliphatic heterocycles. The van der Waals surface area contributed by atoms with E-state index in [1.807, 2.05) is 6.07 Å². The lowest BCUT2D eigenvalue weighted by Gasteiger charge is -2.26. The van der Waals surface area contributed by atoms with Crippen LogP contribution in [0.4, 0.5) is 0 Å². The summed E-state index contributed by atoms with van der Waals surface area (Å²) in [7, 11) is 0. The molecule has 1 heterocycles. The summed E-state index contributed by atoms with van der Waals surface area (Å²) in [6, 6.07) is 12.7. The Morgan fingerprint density at radius 3 is 3.05 bits per heavy atom. The molecule has 0 fully saturated rings. The molecule has 2 N–H and O–H groups in total. The van der Waals surface area contributed by atoms with E-state index in [0.717, 1.165) is 37.9 Å². The van der Waals surface area contributed by atoms with Gasteiger partial charge in [-0.3, -0.25) is 4.79 Å². The molecule has 0 spiro atoms. The van der Waals surface area contributed by atoms with Crippen molar-refractivity contribution in [2.24, 2.45) is 0 Å². The minimum absolute atomic E-state index is 0.00848. The molecule has 0 amide bonds. The van der Waals surface area contributed by atoms with E-state index in [9.17, 15) is 4.79 Å². The Kier molecular flexibility index (Phi) is 4.20. The maximum Gasteiger partial charge on any atom is 0.248 e. The Hall–Kier alpha value is -1.87. The van der Waals surface area contributed by atoms with E-state index in [1.54, 1.807) is 6.07 Å². The van der Waals surface area contributed by atoms with Gasteiger partial charge in [-0.05, 0) is 50.3 Å². The zero-order valence-electron chi connectivity index (χ0n) is 12.5. The summed E-state index contributed by atoms with van der Waals surface area (Å²) in [5, 5.41) is 3.64. The molecule has 3 heteroatoms. The highest BCUT2D eigenvalue weighted by Gasteiger charge is 2.19. The predicted molar refractivity (Wildman–Crippen MR) is 85.6 cm³/mol. The fourth-order valence-corrected chi connectivity index (χ4v) is 3.17. The molecule has 3 nitrogen and oxygen atoms in total. The first-order chi connectivity index (χ1) is 10.2. The van der Waals surface area contributed by atoms with Crippen LogP contribution in [-0.2, 0) is 12.8 Å². The monoisotopic (exact) mass is 282 g/mol. The van der Waals surface area contributed by atoms with E-state index in [-0.39, 0.29) is 5.56 Å². The van der Waals surface area contributed by atoms with Crippen molar-refractivity contribution in [2.45, 2.75) is 38.6 Å². The molecular weight excluding hydrogens is 260 g/mol. The summed E-state index contributed by atoms with van der Waals surface area (Å²) in [5.41, 5.74) is 5.08. The summed E-state index contributed by atoms with van der Waals surface area (Å²) in [4.78, 5) is 14.4. The normalized spacial score (nSPS) is 17.5. The van der Waals surface area contributed by atoms with Gasteiger partial charge in [0.1, 0.15) is 0 Å². The van der Waals surface area contributed by atoms with E-state index in [0.29, 0.717) is 6.04 Å². The highest BCUT2D eigenvalue weighted by molar-refractivity contribution is 5.26. The third kappa shape index (κ3) is 3.42. The average molecular weight is 282 g/mol. The molecule has 0 bridgehead atoms. The first-order valence-electron chi connectivity index (χ1n) is 7.73. The van der Waals surface area contributed by atoms with E-state index >= 15 is 0 Å². The molecule has 0 radical (unpaired) electrons. The number of aromatic amines is 1. The zero-order valence-corrected chi connectivity index (χ0v) is 12.5. The second-order valence-corrected chi connectivity index (χ2v) is 5.89. The van der Waals surface area contributed by atoms with Crippen molar-refractivity contribution in [1.82, 2.24) is 10.3 Å². The number of rotatable bonds is 4. The fourth-order valence-electron chi connectivity index (χ4n) is 3.17. The molecule has 2 aromatic rings. The zero-order chi connectivity index (χ0) is 14.7. The van der Waals surface area contributed by atoms with Crippen molar-refractivity contribution in [3.63, 3.8) is 0 Å². The van der Waals surface area contributed by atoms with Gasteiger partial charge in [0, 0.05) is 17.8 Å². The molecule has 1 unspecified atom stereocenters. The van der Waals surface area contributed by atoms with Crippen LogP contribution in [0.15, 0.2) is 41.2 Å². The lowest BCUT2D eigenvalue weighted by atomic mass is 9.91. The lowest BCUT2D eigenvalue weighted by Crippen LogP contribution is -2.28. The van der Waals surface area contributed by atoms with Gasteiger partial charge in [-0.2, -0.15) is 0 Å². The van der Waals surface area contributed by atoms with Crippen molar-refractivity contribution in [1.29, 1.82) is 0 Å². The Labute approximate surface area is 125 Å². The summed E-state index contributed by atoms with van der Waals surface area (Å²) >= 11 is 0. The fraction of sp³-hybridized carbons (Fsp3) is 0.389. The van der Waals surface area contributed by atoms with Crippen molar-refractivity contribution < 1.29 is 0 Å². The van der Waals surface area contributed by atoms with Crippen LogP contribution in [0.2, 0.25) is 0 Å². The van der Waals surface area contributed by atoms with Gasteiger partial charge in [-0.25, -0.2) is 0 Å². The number of benzene rings is 1. The number of nitrogens with one attached hydrogen (secondary N) is 2. The molecule has 1 aliphatic carbocycles. The van der Waals surface area contributed by atoms with Gasteiger partial charge in [-0.1, -0.05) is 35.9 Å². The first kappa shape index (κ1) is 14.1. The van der Waals surface area contributed by atoms with Gasteiger partial charge in [0.05, 0.1) is 0 Å². The lowest BCUT2D eigenvalue weighted by molar-refractivity contribution is 0.457. The number of hydrogen-bond donors (Lipinski definition) is 2. The van der Waals surface area contributed by atoms with E-state index in [4.69, 9.17) is 0 Å². The third-order valence-electron chi connectivity index (χ3n) is 4.22. The van der Waals surface area contributed by atoms with Gasteiger partial charge in [-0.15, -0.1) is 0 Å². The van der Waals surface area contributed by atoms with Crippen LogP contribution in [0.1, 0.15) is 41.3 Å². The molecule has 21 heavy (non-hydrogen) atoms. The van der Waals surface area contributed by atoms with Gasteiger partial charge < -0.3 is 10.3 Å². The Bertz CT molecular complexity index is 675. The molecular formula is C18H22N2O. The quantitative estimate of drug-likeness (QED) is 0.905. The molecule has 1 aromatic carbocycles. The van der Waals surface area contributed by atoms with Gasteiger partial charge in [0.25, 0.3) is 0 Å². The maximum absolute atomic E-state index is 11.4. The van der Waals surface area contributed by atoms with Crippen molar-refractivity contribution >= 4 is 0 Å². The SMILES string of the molecule is Cc1cccc(CCNC2CCCc3[nH]c(=O)ccc32)c1. The first-order valence-corrected chi connectivity index (χ1v) is 7.73. The number of pyridine rings is 1. The van der Waals surface area contributed by atoms with Crippen LogP contribution in [-0.4, -0.2) is 11.5 Å². The van der Waals surface area contributed by atoms with Crippen molar-refractivity contribution in [3.05, 3.63) is 69.1 Å².